The van der Waals surface area contributed by atoms with Crippen LogP contribution in [0.25, 0.3) is 0 Å². The Morgan fingerprint density at radius 3 is 2.59 bits per heavy atom. The number of rotatable bonds is 3. The molecule has 17 heavy (non-hydrogen) atoms. The normalized spacial score (nSPS) is 45.7. The summed E-state index contributed by atoms with van der Waals surface area (Å²) in [5, 5.41) is 3.91. The van der Waals surface area contributed by atoms with E-state index in [2.05, 4.69) is 19.2 Å². The van der Waals surface area contributed by atoms with Crippen LogP contribution in [-0.2, 0) is 4.74 Å². The molecular weight excluding hydrogens is 210 g/mol. The summed E-state index contributed by atoms with van der Waals surface area (Å²) >= 11 is 0. The van der Waals surface area contributed by atoms with E-state index in [1.807, 2.05) is 0 Å². The van der Waals surface area contributed by atoms with Crippen LogP contribution in [0.4, 0.5) is 0 Å². The molecular formula is C15H27NO. The summed E-state index contributed by atoms with van der Waals surface area (Å²) in [7, 11) is 0. The first kappa shape index (κ1) is 12.0. The van der Waals surface area contributed by atoms with E-state index in [1.165, 1.54) is 44.9 Å². The highest BCUT2D eigenvalue weighted by atomic mass is 16.5. The minimum Gasteiger partial charge on any atom is -0.373 e. The minimum absolute atomic E-state index is 0.541. The molecule has 2 saturated heterocycles. The van der Waals surface area contributed by atoms with Crippen molar-refractivity contribution in [3.05, 3.63) is 0 Å². The SMILES string of the molecule is CC(C)C1CCCC(NC2CC3CCC2O3)C1. The van der Waals surface area contributed by atoms with Gasteiger partial charge in [0.05, 0.1) is 12.2 Å². The fourth-order valence-electron chi connectivity index (χ4n) is 4.10. The van der Waals surface area contributed by atoms with Gasteiger partial charge < -0.3 is 10.1 Å². The Morgan fingerprint density at radius 1 is 1.06 bits per heavy atom. The summed E-state index contributed by atoms with van der Waals surface area (Å²) < 4.78 is 5.94. The van der Waals surface area contributed by atoms with Crippen molar-refractivity contribution in [2.24, 2.45) is 11.8 Å². The highest BCUT2D eigenvalue weighted by Gasteiger charge is 2.41. The first-order chi connectivity index (χ1) is 8.22. The molecule has 3 rings (SSSR count). The molecule has 98 valence electrons. The topological polar surface area (TPSA) is 21.3 Å². The molecule has 2 heteroatoms. The number of fused-ring (bicyclic) bond motifs is 2. The van der Waals surface area contributed by atoms with Crippen LogP contribution in [0.1, 0.15) is 58.8 Å². The summed E-state index contributed by atoms with van der Waals surface area (Å²) in [5.74, 6) is 1.80. The number of ether oxygens (including phenoxy) is 1. The monoisotopic (exact) mass is 237 g/mol. The Labute approximate surface area is 105 Å². The highest BCUT2D eigenvalue weighted by Crippen LogP contribution is 2.36. The van der Waals surface area contributed by atoms with Crippen LogP contribution in [0.5, 0.6) is 0 Å². The maximum atomic E-state index is 5.94. The smallest absolute Gasteiger partial charge is 0.0733 e. The molecule has 0 aromatic heterocycles. The number of hydrogen-bond acceptors (Lipinski definition) is 2. The fourth-order valence-corrected chi connectivity index (χ4v) is 4.10. The zero-order valence-electron chi connectivity index (χ0n) is 11.3. The van der Waals surface area contributed by atoms with Gasteiger partial charge in [-0.1, -0.05) is 26.7 Å². The Morgan fingerprint density at radius 2 is 1.94 bits per heavy atom. The summed E-state index contributed by atoms with van der Waals surface area (Å²) in [6.07, 6.45) is 10.6. The van der Waals surface area contributed by atoms with Crippen molar-refractivity contribution >= 4 is 0 Å². The summed E-state index contributed by atoms with van der Waals surface area (Å²) in [5.41, 5.74) is 0. The predicted octanol–water partition coefficient (Wildman–Crippen LogP) is 3.11. The lowest BCUT2D eigenvalue weighted by Crippen LogP contribution is -2.46. The van der Waals surface area contributed by atoms with Gasteiger partial charge in [0.25, 0.3) is 0 Å². The molecule has 1 aliphatic carbocycles. The quantitative estimate of drug-likeness (QED) is 0.814. The molecule has 5 atom stereocenters. The lowest BCUT2D eigenvalue weighted by molar-refractivity contribution is 0.0936. The highest BCUT2D eigenvalue weighted by molar-refractivity contribution is 4.96. The standard InChI is InChI=1S/C15H27NO/c1-10(2)11-4-3-5-12(8-11)16-14-9-13-6-7-15(14)17-13/h10-16H,3-9H2,1-2H3. The van der Waals surface area contributed by atoms with E-state index in [0.29, 0.717) is 18.2 Å². The zero-order chi connectivity index (χ0) is 11.8. The van der Waals surface area contributed by atoms with E-state index < -0.39 is 0 Å². The van der Waals surface area contributed by atoms with Gasteiger partial charge in [-0.2, -0.15) is 0 Å². The molecule has 0 spiro atoms. The molecule has 5 unspecified atom stereocenters. The Bertz CT molecular complexity index is 266. The van der Waals surface area contributed by atoms with Crippen LogP contribution in [0.3, 0.4) is 0 Å². The van der Waals surface area contributed by atoms with Gasteiger partial charge in [-0.15, -0.1) is 0 Å². The van der Waals surface area contributed by atoms with E-state index in [0.717, 1.165) is 17.9 Å². The average molecular weight is 237 g/mol. The zero-order valence-corrected chi connectivity index (χ0v) is 11.3. The van der Waals surface area contributed by atoms with Gasteiger partial charge in [-0.25, -0.2) is 0 Å². The van der Waals surface area contributed by atoms with Crippen LogP contribution in [0.2, 0.25) is 0 Å². The number of nitrogens with one attached hydrogen (secondary N) is 1. The van der Waals surface area contributed by atoms with Crippen LogP contribution in [0.15, 0.2) is 0 Å². The summed E-state index contributed by atoms with van der Waals surface area (Å²) in [4.78, 5) is 0. The maximum Gasteiger partial charge on any atom is 0.0733 e. The van der Waals surface area contributed by atoms with Crippen molar-refractivity contribution in [2.45, 2.75) is 83.1 Å². The molecule has 2 nitrogen and oxygen atoms in total. The molecule has 3 fully saturated rings. The van der Waals surface area contributed by atoms with Crippen LogP contribution >= 0.6 is 0 Å². The molecule has 2 aliphatic heterocycles. The minimum atomic E-state index is 0.541. The van der Waals surface area contributed by atoms with Crippen molar-refractivity contribution < 1.29 is 4.74 Å². The van der Waals surface area contributed by atoms with Crippen molar-refractivity contribution in [3.63, 3.8) is 0 Å². The maximum absolute atomic E-state index is 5.94. The van der Waals surface area contributed by atoms with Gasteiger partial charge in [-0.05, 0) is 43.9 Å². The van der Waals surface area contributed by atoms with E-state index in [-0.39, 0.29) is 0 Å². The molecule has 0 aromatic rings. The molecule has 1 saturated carbocycles. The van der Waals surface area contributed by atoms with E-state index in [1.54, 1.807) is 0 Å². The van der Waals surface area contributed by atoms with Crippen LogP contribution < -0.4 is 5.32 Å². The molecule has 1 N–H and O–H groups in total. The van der Waals surface area contributed by atoms with Crippen molar-refractivity contribution in [1.29, 1.82) is 0 Å². The third-order valence-electron chi connectivity index (χ3n) is 5.21. The Kier molecular flexibility index (Phi) is 3.45. The van der Waals surface area contributed by atoms with Crippen LogP contribution in [0, 0.1) is 11.8 Å². The first-order valence-electron chi connectivity index (χ1n) is 7.64. The largest absolute Gasteiger partial charge is 0.373 e. The Hall–Kier alpha value is -0.0800. The van der Waals surface area contributed by atoms with E-state index >= 15 is 0 Å². The fraction of sp³-hybridized carbons (Fsp3) is 1.00. The molecule has 3 aliphatic rings. The predicted molar refractivity (Wildman–Crippen MR) is 70.0 cm³/mol. The van der Waals surface area contributed by atoms with Gasteiger partial charge >= 0.3 is 0 Å². The molecule has 0 aromatic carbocycles. The van der Waals surface area contributed by atoms with Gasteiger partial charge in [0.1, 0.15) is 0 Å². The average Bonchev–Trinajstić information content (AvgIpc) is 2.91. The van der Waals surface area contributed by atoms with E-state index in [4.69, 9.17) is 4.74 Å². The van der Waals surface area contributed by atoms with Crippen molar-refractivity contribution in [3.8, 4) is 0 Å². The Balaban J connectivity index is 1.51. The van der Waals surface area contributed by atoms with Crippen LogP contribution in [-0.4, -0.2) is 24.3 Å². The van der Waals surface area contributed by atoms with Gasteiger partial charge in [0, 0.05) is 12.1 Å². The summed E-state index contributed by atoms with van der Waals surface area (Å²) in [6, 6.07) is 1.44. The second-order valence-electron chi connectivity index (χ2n) is 6.75. The lowest BCUT2D eigenvalue weighted by atomic mass is 9.79. The second kappa shape index (κ2) is 4.89. The summed E-state index contributed by atoms with van der Waals surface area (Å²) in [6.45, 7) is 4.77. The van der Waals surface area contributed by atoms with Gasteiger partial charge in [0.15, 0.2) is 0 Å². The molecule has 0 amide bonds. The first-order valence-corrected chi connectivity index (χ1v) is 7.64. The molecule has 0 radical (unpaired) electrons. The van der Waals surface area contributed by atoms with Crippen molar-refractivity contribution in [2.75, 3.05) is 0 Å². The van der Waals surface area contributed by atoms with Gasteiger partial charge in [-0.3, -0.25) is 0 Å². The number of hydrogen-bond donors (Lipinski definition) is 1. The molecule has 2 heterocycles. The third-order valence-corrected chi connectivity index (χ3v) is 5.21. The van der Waals surface area contributed by atoms with E-state index in [9.17, 15) is 0 Å². The second-order valence-corrected chi connectivity index (χ2v) is 6.75. The lowest BCUT2D eigenvalue weighted by Gasteiger charge is -2.35. The van der Waals surface area contributed by atoms with Crippen molar-refractivity contribution in [1.82, 2.24) is 5.32 Å². The third kappa shape index (κ3) is 2.53. The molecule has 2 bridgehead atoms. The van der Waals surface area contributed by atoms with Gasteiger partial charge in [0.2, 0.25) is 0 Å².